The van der Waals surface area contributed by atoms with Crippen molar-refractivity contribution in [2.24, 2.45) is 0 Å². The van der Waals surface area contributed by atoms with Gasteiger partial charge in [-0.25, -0.2) is 4.98 Å². The first-order valence-corrected chi connectivity index (χ1v) is 5.57. The smallest absolute Gasteiger partial charge is 0.290 e. The number of anilines is 1. The largest absolute Gasteiger partial charge is 0.395 e. The minimum atomic E-state index is -0.442. The fraction of sp³-hybridized carbons (Fsp3) is 0.545. The zero-order valence-electron chi connectivity index (χ0n) is 10.1. The second-order valence-corrected chi connectivity index (χ2v) is 3.80. The zero-order chi connectivity index (χ0) is 12.8. The minimum Gasteiger partial charge on any atom is -0.395 e. The van der Waals surface area contributed by atoms with Gasteiger partial charge in [0, 0.05) is 18.7 Å². The van der Waals surface area contributed by atoms with Crippen LogP contribution in [0.1, 0.15) is 18.9 Å². The predicted molar refractivity (Wildman–Crippen MR) is 65.2 cm³/mol. The first-order chi connectivity index (χ1) is 8.10. The van der Waals surface area contributed by atoms with E-state index < -0.39 is 4.92 Å². The number of nitrogens with zero attached hydrogens (tertiary/aromatic N) is 3. The van der Waals surface area contributed by atoms with Crippen LogP contribution in [0.3, 0.4) is 0 Å². The van der Waals surface area contributed by atoms with Crippen molar-refractivity contribution in [3.05, 3.63) is 27.9 Å². The number of hydrogen-bond acceptors (Lipinski definition) is 5. The fourth-order valence-corrected chi connectivity index (χ4v) is 1.63. The summed E-state index contributed by atoms with van der Waals surface area (Å²) in [6.45, 7) is 5.01. The lowest BCUT2D eigenvalue weighted by atomic mass is 10.2. The molecule has 0 saturated carbocycles. The third-order valence-corrected chi connectivity index (χ3v) is 2.45. The van der Waals surface area contributed by atoms with Crippen molar-refractivity contribution in [1.29, 1.82) is 0 Å². The van der Waals surface area contributed by atoms with Crippen LogP contribution in [-0.4, -0.2) is 34.7 Å². The summed E-state index contributed by atoms with van der Waals surface area (Å²) in [6, 6.07) is 1.68. The summed E-state index contributed by atoms with van der Waals surface area (Å²) in [5.41, 5.74) is 0.605. The Morgan fingerprint density at radius 2 is 2.24 bits per heavy atom. The van der Waals surface area contributed by atoms with Crippen LogP contribution in [0.2, 0.25) is 0 Å². The van der Waals surface area contributed by atoms with E-state index in [1.54, 1.807) is 13.0 Å². The van der Waals surface area contributed by atoms with Gasteiger partial charge in [0.25, 0.3) is 5.69 Å². The van der Waals surface area contributed by atoms with Crippen LogP contribution in [0.4, 0.5) is 11.5 Å². The topological polar surface area (TPSA) is 79.5 Å². The van der Waals surface area contributed by atoms with Gasteiger partial charge in [0.15, 0.2) is 0 Å². The van der Waals surface area contributed by atoms with E-state index in [2.05, 4.69) is 4.98 Å². The molecule has 0 aliphatic rings. The van der Waals surface area contributed by atoms with E-state index in [1.807, 2.05) is 11.8 Å². The molecule has 0 radical (unpaired) electrons. The van der Waals surface area contributed by atoms with Crippen molar-refractivity contribution in [2.45, 2.75) is 20.3 Å². The summed E-state index contributed by atoms with van der Waals surface area (Å²) in [6.07, 6.45) is 2.20. The lowest BCUT2D eigenvalue weighted by molar-refractivity contribution is -0.385. The molecule has 0 fully saturated rings. The highest BCUT2D eigenvalue weighted by Crippen LogP contribution is 2.21. The molecule has 0 atom stereocenters. The van der Waals surface area contributed by atoms with Crippen molar-refractivity contribution in [2.75, 3.05) is 24.6 Å². The predicted octanol–water partition coefficient (Wildman–Crippen LogP) is 1.51. The van der Waals surface area contributed by atoms with Gasteiger partial charge in [0.05, 0.1) is 11.5 Å². The number of aliphatic hydroxyl groups excluding tert-OH is 1. The summed E-state index contributed by atoms with van der Waals surface area (Å²) >= 11 is 0. The Morgan fingerprint density at radius 1 is 1.53 bits per heavy atom. The van der Waals surface area contributed by atoms with E-state index in [0.29, 0.717) is 17.9 Å². The van der Waals surface area contributed by atoms with Crippen LogP contribution < -0.4 is 4.90 Å². The number of hydrogen-bond donors (Lipinski definition) is 1. The molecule has 1 aromatic heterocycles. The quantitative estimate of drug-likeness (QED) is 0.601. The number of aromatic nitrogens is 1. The molecule has 1 aromatic rings. The summed E-state index contributed by atoms with van der Waals surface area (Å²) in [7, 11) is 0. The number of rotatable bonds is 6. The summed E-state index contributed by atoms with van der Waals surface area (Å²) in [5, 5.41) is 19.6. The summed E-state index contributed by atoms with van der Waals surface area (Å²) < 4.78 is 0. The van der Waals surface area contributed by atoms with Gasteiger partial charge in [-0.3, -0.25) is 10.1 Å². The van der Waals surface area contributed by atoms with Crippen LogP contribution in [0.15, 0.2) is 12.3 Å². The molecule has 94 valence electrons. The lowest BCUT2D eigenvalue weighted by Gasteiger charge is -2.22. The van der Waals surface area contributed by atoms with Crippen molar-refractivity contribution in [3.63, 3.8) is 0 Å². The second kappa shape index (κ2) is 6.15. The molecule has 0 bridgehead atoms. The van der Waals surface area contributed by atoms with E-state index >= 15 is 0 Å². The highest BCUT2D eigenvalue weighted by molar-refractivity contribution is 5.48. The maximum Gasteiger partial charge on any atom is 0.290 e. The van der Waals surface area contributed by atoms with Gasteiger partial charge < -0.3 is 10.0 Å². The SMILES string of the molecule is CCCN(CCO)c1cc(C)c([N+](=O)[O-])cn1. The van der Waals surface area contributed by atoms with Crippen LogP contribution in [0.25, 0.3) is 0 Å². The van der Waals surface area contributed by atoms with Gasteiger partial charge in [-0.1, -0.05) is 6.92 Å². The van der Waals surface area contributed by atoms with Crippen molar-refractivity contribution in [1.82, 2.24) is 4.98 Å². The van der Waals surface area contributed by atoms with Gasteiger partial charge in [-0.15, -0.1) is 0 Å². The van der Waals surface area contributed by atoms with Crippen molar-refractivity contribution < 1.29 is 10.0 Å². The Labute approximate surface area is 100 Å². The Bertz CT molecular complexity index is 390. The first-order valence-electron chi connectivity index (χ1n) is 5.57. The van der Waals surface area contributed by atoms with Crippen molar-refractivity contribution >= 4 is 11.5 Å². The molecule has 1 N–H and O–H groups in total. The van der Waals surface area contributed by atoms with Crippen LogP contribution in [0.5, 0.6) is 0 Å². The normalized spacial score (nSPS) is 10.3. The molecule has 0 aromatic carbocycles. The summed E-state index contributed by atoms with van der Waals surface area (Å²) in [5.74, 6) is 0.670. The molecule has 1 heterocycles. The van der Waals surface area contributed by atoms with Crippen LogP contribution in [-0.2, 0) is 0 Å². The van der Waals surface area contributed by atoms with E-state index in [1.165, 1.54) is 6.20 Å². The number of aryl methyl sites for hydroxylation is 1. The molecular weight excluding hydrogens is 222 g/mol. The van der Waals surface area contributed by atoms with E-state index in [-0.39, 0.29) is 12.3 Å². The van der Waals surface area contributed by atoms with Gasteiger partial charge in [-0.2, -0.15) is 0 Å². The van der Waals surface area contributed by atoms with Gasteiger partial charge in [0.1, 0.15) is 12.0 Å². The highest BCUT2D eigenvalue weighted by Gasteiger charge is 2.14. The molecule has 0 amide bonds. The van der Waals surface area contributed by atoms with Crippen LogP contribution in [0, 0.1) is 17.0 Å². The molecule has 0 saturated heterocycles. The Kier molecular flexibility index (Phi) is 4.84. The molecule has 0 unspecified atom stereocenters. The van der Waals surface area contributed by atoms with Gasteiger partial charge in [0.2, 0.25) is 0 Å². The Balaban J connectivity index is 2.97. The maximum atomic E-state index is 10.7. The molecule has 1 rings (SSSR count). The highest BCUT2D eigenvalue weighted by atomic mass is 16.6. The standard InChI is InChI=1S/C11H17N3O3/c1-3-4-13(5-6-15)11-7-9(2)10(8-12-11)14(16)17/h7-8,15H,3-6H2,1-2H3. The molecule has 6 heteroatoms. The number of pyridine rings is 1. The molecule has 17 heavy (non-hydrogen) atoms. The first kappa shape index (κ1) is 13.4. The molecule has 0 aliphatic heterocycles. The lowest BCUT2D eigenvalue weighted by Crippen LogP contribution is -2.28. The van der Waals surface area contributed by atoms with Gasteiger partial charge >= 0.3 is 0 Å². The fourth-order valence-electron chi connectivity index (χ4n) is 1.63. The zero-order valence-corrected chi connectivity index (χ0v) is 10.1. The molecule has 0 spiro atoms. The number of aliphatic hydroxyl groups is 1. The number of nitro groups is 1. The molecular formula is C11H17N3O3. The Morgan fingerprint density at radius 3 is 2.71 bits per heavy atom. The summed E-state index contributed by atoms with van der Waals surface area (Å²) in [4.78, 5) is 16.2. The van der Waals surface area contributed by atoms with E-state index in [4.69, 9.17) is 5.11 Å². The average Bonchev–Trinajstić information content (AvgIpc) is 2.28. The van der Waals surface area contributed by atoms with Crippen LogP contribution >= 0.6 is 0 Å². The molecule has 6 nitrogen and oxygen atoms in total. The monoisotopic (exact) mass is 239 g/mol. The van der Waals surface area contributed by atoms with Crippen molar-refractivity contribution in [3.8, 4) is 0 Å². The third-order valence-electron chi connectivity index (χ3n) is 2.45. The second-order valence-electron chi connectivity index (χ2n) is 3.80. The van der Waals surface area contributed by atoms with Gasteiger partial charge in [-0.05, 0) is 19.4 Å². The maximum absolute atomic E-state index is 10.7. The third kappa shape index (κ3) is 3.39. The average molecular weight is 239 g/mol. The van der Waals surface area contributed by atoms with E-state index in [9.17, 15) is 10.1 Å². The Hall–Kier alpha value is -1.69. The minimum absolute atomic E-state index is 0.0224. The molecule has 0 aliphatic carbocycles. The van der Waals surface area contributed by atoms with E-state index in [0.717, 1.165) is 13.0 Å².